The molecule has 0 spiro atoms. The van der Waals surface area contributed by atoms with Gasteiger partial charge in [0.2, 0.25) is 0 Å². The molecule has 1 fully saturated rings. The van der Waals surface area contributed by atoms with E-state index in [9.17, 15) is 18.3 Å². The fraction of sp³-hybridized carbons (Fsp3) is 0.467. The van der Waals surface area contributed by atoms with E-state index in [1.54, 1.807) is 0 Å². The molecule has 1 aromatic rings. The molecule has 0 radical (unpaired) electrons. The van der Waals surface area contributed by atoms with Crippen molar-refractivity contribution in [1.82, 2.24) is 4.90 Å². The molecular formula is C15H16F3NO. The van der Waals surface area contributed by atoms with Crippen LogP contribution in [-0.2, 0) is 6.18 Å². The molecule has 0 saturated carbocycles. The topological polar surface area (TPSA) is 23.5 Å². The number of piperidine rings is 1. The Hall–Kier alpha value is -1.51. The lowest BCUT2D eigenvalue weighted by molar-refractivity contribution is -0.137. The van der Waals surface area contributed by atoms with Crippen LogP contribution in [0.1, 0.15) is 24.0 Å². The minimum atomic E-state index is -4.30. The molecule has 1 N–H and O–H groups in total. The Morgan fingerprint density at radius 2 is 1.75 bits per heavy atom. The molecule has 5 heteroatoms. The molecule has 1 aromatic carbocycles. The van der Waals surface area contributed by atoms with Gasteiger partial charge >= 0.3 is 6.18 Å². The summed E-state index contributed by atoms with van der Waals surface area (Å²) in [7, 11) is 0. The van der Waals surface area contributed by atoms with Crippen LogP contribution in [0.5, 0.6) is 0 Å². The Kier molecular flexibility index (Phi) is 4.69. The first kappa shape index (κ1) is 14.9. The van der Waals surface area contributed by atoms with Crippen LogP contribution in [0.3, 0.4) is 0 Å². The number of likely N-dealkylation sites (tertiary alicyclic amines) is 1. The highest BCUT2D eigenvalue weighted by atomic mass is 19.4. The Morgan fingerprint density at radius 1 is 1.15 bits per heavy atom. The number of hydrogen-bond donors (Lipinski definition) is 1. The summed E-state index contributed by atoms with van der Waals surface area (Å²) in [6.07, 6.45) is -3.01. The smallest absolute Gasteiger partial charge is 0.393 e. The van der Waals surface area contributed by atoms with Crippen molar-refractivity contribution in [3.63, 3.8) is 0 Å². The van der Waals surface area contributed by atoms with Crippen LogP contribution in [0, 0.1) is 11.8 Å². The van der Waals surface area contributed by atoms with Crippen LogP contribution in [0.4, 0.5) is 13.2 Å². The minimum Gasteiger partial charge on any atom is -0.393 e. The third-order valence-corrected chi connectivity index (χ3v) is 3.30. The van der Waals surface area contributed by atoms with Crippen molar-refractivity contribution in [3.05, 3.63) is 35.4 Å². The van der Waals surface area contributed by atoms with Gasteiger partial charge in [-0.2, -0.15) is 13.2 Å². The predicted molar refractivity (Wildman–Crippen MR) is 70.0 cm³/mol. The molecule has 2 rings (SSSR count). The van der Waals surface area contributed by atoms with Gasteiger partial charge in [0.05, 0.1) is 18.2 Å². The van der Waals surface area contributed by atoms with Gasteiger partial charge in [-0.3, -0.25) is 4.90 Å². The molecule has 1 saturated heterocycles. The molecule has 0 aromatic heterocycles. The summed E-state index contributed by atoms with van der Waals surface area (Å²) < 4.78 is 37.1. The first-order valence-corrected chi connectivity index (χ1v) is 6.52. The lowest BCUT2D eigenvalue weighted by atomic mass is 10.1. The summed E-state index contributed by atoms with van der Waals surface area (Å²) in [6, 6.07) is 4.86. The van der Waals surface area contributed by atoms with Gasteiger partial charge in [0, 0.05) is 18.7 Å². The van der Waals surface area contributed by atoms with Gasteiger partial charge in [-0.1, -0.05) is 11.8 Å². The first-order valence-electron chi connectivity index (χ1n) is 6.52. The molecule has 0 amide bonds. The zero-order valence-electron chi connectivity index (χ0n) is 11.0. The van der Waals surface area contributed by atoms with Gasteiger partial charge in [0.15, 0.2) is 0 Å². The normalized spacial score (nSPS) is 17.6. The fourth-order valence-electron chi connectivity index (χ4n) is 2.07. The van der Waals surface area contributed by atoms with Crippen LogP contribution < -0.4 is 0 Å². The van der Waals surface area contributed by atoms with Gasteiger partial charge < -0.3 is 5.11 Å². The van der Waals surface area contributed by atoms with Gasteiger partial charge in [-0.25, -0.2) is 0 Å². The Morgan fingerprint density at radius 3 is 2.30 bits per heavy atom. The number of hydrogen-bond acceptors (Lipinski definition) is 2. The van der Waals surface area contributed by atoms with Crippen LogP contribution in [0.25, 0.3) is 0 Å². The number of aliphatic hydroxyl groups is 1. The molecule has 0 atom stereocenters. The van der Waals surface area contributed by atoms with Gasteiger partial charge in [-0.05, 0) is 37.1 Å². The third-order valence-electron chi connectivity index (χ3n) is 3.30. The number of alkyl halides is 3. The molecule has 1 aliphatic heterocycles. The van der Waals surface area contributed by atoms with Crippen LogP contribution in [0.15, 0.2) is 24.3 Å². The van der Waals surface area contributed by atoms with Crippen molar-refractivity contribution >= 4 is 0 Å². The zero-order valence-corrected chi connectivity index (χ0v) is 11.0. The Bertz CT molecular complexity index is 491. The second-order valence-electron chi connectivity index (χ2n) is 4.88. The Labute approximate surface area is 116 Å². The quantitative estimate of drug-likeness (QED) is 0.801. The highest BCUT2D eigenvalue weighted by Gasteiger charge is 2.29. The fourth-order valence-corrected chi connectivity index (χ4v) is 2.07. The maximum atomic E-state index is 12.4. The maximum absolute atomic E-state index is 12.4. The van der Waals surface area contributed by atoms with Crippen LogP contribution in [-0.4, -0.2) is 35.7 Å². The molecule has 2 nitrogen and oxygen atoms in total. The first-order chi connectivity index (χ1) is 9.45. The van der Waals surface area contributed by atoms with E-state index in [2.05, 4.69) is 16.7 Å². The van der Waals surface area contributed by atoms with Crippen LogP contribution >= 0.6 is 0 Å². The SMILES string of the molecule is OC1CCN(CC#Cc2ccc(C(F)(F)F)cc2)CC1. The van der Waals surface area contributed by atoms with Crippen LogP contribution in [0.2, 0.25) is 0 Å². The van der Waals surface area contributed by atoms with E-state index in [1.807, 2.05) is 0 Å². The minimum absolute atomic E-state index is 0.214. The number of benzene rings is 1. The summed E-state index contributed by atoms with van der Waals surface area (Å²) >= 11 is 0. The standard InChI is InChI=1S/C15H16F3NO/c16-15(17,18)13-5-3-12(4-6-13)2-1-9-19-10-7-14(20)8-11-19/h3-6,14,20H,7-11H2. The second kappa shape index (κ2) is 6.29. The molecule has 0 unspecified atom stereocenters. The number of halogens is 3. The van der Waals surface area contributed by atoms with Gasteiger partial charge in [-0.15, -0.1) is 0 Å². The number of nitrogens with zero attached hydrogens (tertiary/aromatic N) is 1. The lowest BCUT2D eigenvalue weighted by Crippen LogP contribution is -2.35. The number of rotatable bonds is 1. The molecule has 20 heavy (non-hydrogen) atoms. The van der Waals surface area contributed by atoms with E-state index in [-0.39, 0.29) is 6.10 Å². The molecule has 0 bridgehead atoms. The van der Waals surface area contributed by atoms with E-state index >= 15 is 0 Å². The molecule has 108 valence electrons. The summed E-state index contributed by atoms with van der Waals surface area (Å²) in [6.45, 7) is 2.19. The van der Waals surface area contributed by atoms with E-state index in [0.29, 0.717) is 12.1 Å². The average molecular weight is 283 g/mol. The van der Waals surface area contributed by atoms with Crippen molar-refractivity contribution in [2.75, 3.05) is 19.6 Å². The van der Waals surface area contributed by atoms with Crippen molar-refractivity contribution < 1.29 is 18.3 Å². The molecule has 0 aliphatic carbocycles. The molecular weight excluding hydrogens is 267 g/mol. The monoisotopic (exact) mass is 283 g/mol. The maximum Gasteiger partial charge on any atom is 0.416 e. The third kappa shape index (κ3) is 4.26. The number of aliphatic hydroxyl groups excluding tert-OH is 1. The van der Waals surface area contributed by atoms with Crippen molar-refractivity contribution in [1.29, 1.82) is 0 Å². The van der Waals surface area contributed by atoms with Gasteiger partial charge in [0.25, 0.3) is 0 Å². The van der Waals surface area contributed by atoms with Gasteiger partial charge in [0.1, 0.15) is 0 Å². The Balaban J connectivity index is 1.89. The summed E-state index contributed by atoms with van der Waals surface area (Å²) in [5.74, 6) is 5.82. The zero-order chi connectivity index (χ0) is 14.6. The predicted octanol–water partition coefficient (Wildman–Crippen LogP) is 2.51. The molecule has 1 aliphatic rings. The van der Waals surface area contributed by atoms with E-state index in [0.717, 1.165) is 38.1 Å². The van der Waals surface area contributed by atoms with Crippen molar-refractivity contribution in [2.45, 2.75) is 25.1 Å². The highest BCUT2D eigenvalue weighted by Crippen LogP contribution is 2.28. The summed E-state index contributed by atoms with van der Waals surface area (Å²) in [5.41, 5.74) is -0.0805. The average Bonchev–Trinajstić information content (AvgIpc) is 2.41. The molecule has 1 heterocycles. The largest absolute Gasteiger partial charge is 0.416 e. The lowest BCUT2D eigenvalue weighted by Gasteiger charge is -2.27. The van der Waals surface area contributed by atoms with Crippen molar-refractivity contribution in [3.8, 4) is 11.8 Å². The second-order valence-corrected chi connectivity index (χ2v) is 4.88. The van der Waals surface area contributed by atoms with E-state index < -0.39 is 11.7 Å². The van der Waals surface area contributed by atoms with E-state index in [1.165, 1.54) is 12.1 Å². The summed E-state index contributed by atoms with van der Waals surface area (Å²) in [4.78, 5) is 2.13. The summed E-state index contributed by atoms with van der Waals surface area (Å²) in [5, 5.41) is 9.37. The van der Waals surface area contributed by atoms with E-state index in [4.69, 9.17) is 0 Å². The highest BCUT2D eigenvalue weighted by molar-refractivity contribution is 5.37. The van der Waals surface area contributed by atoms with Crippen molar-refractivity contribution in [2.24, 2.45) is 0 Å².